The molecule has 0 amide bonds. The van der Waals surface area contributed by atoms with Crippen molar-refractivity contribution in [2.75, 3.05) is 12.4 Å². The summed E-state index contributed by atoms with van der Waals surface area (Å²) >= 11 is 0. The number of allylic oxidation sites excluding steroid dienone is 5. The number of hydrogen-bond donors (Lipinski definition) is 1. The lowest BCUT2D eigenvalue weighted by atomic mass is 10.1. The van der Waals surface area contributed by atoms with Crippen LogP contribution in [0.1, 0.15) is 25.0 Å². The van der Waals surface area contributed by atoms with Crippen molar-refractivity contribution < 1.29 is 0 Å². The molecule has 0 radical (unpaired) electrons. The standard InChI is InChI=1S/C15H20N2/c1-6-13(8-7-11(2)3)14-9-12(4)15(16-5)17-10-14/h6-10H,1H2,2-5H3,(H,16,17)/b13-8+. The normalized spacial score (nSPS) is 10.9. The van der Waals surface area contributed by atoms with Crippen LogP contribution in [0.5, 0.6) is 0 Å². The molecule has 1 heterocycles. The summed E-state index contributed by atoms with van der Waals surface area (Å²) in [5.74, 6) is 0.916. The molecule has 0 fully saturated rings. The summed E-state index contributed by atoms with van der Waals surface area (Å²) in [5.41, 5.74) is 4.58. The van der Waals surface area contributed by atoms with Crippen LogP contribution in [0.4, 0.5) is 5.82 Å². The van der Waals surface area contributed by atoms with Crippen molar-refractivity contribution in [3.63, 3.8) is 0 Å². The first-order valence-corrected chi connectivity index (χ1v) is 5.71. The Morgan fingerprint density at radius 1 is 1.35 bits per heavy atom. The topological polar surface area (TPSA) is 24.9 Å². The molecular formula is C15H20N2. The number of aromatic nitrogens is 1. The Labute approximate surface area is 104 Å². The van der Waals surface area contributed by atoms with Gasteiger partial charge in [-0.25, -0.2) is 4.98 Å². The van der Waals surface area contributed by atoms with Gasteiger partial charge in [0.05, 0.1) is 0 Å². The molecule has 17 heavy (non-hydrogen) atoms. The first-order valence-electron chi connectivity index (χ1n) is 5.71. The van der Waals surface area contributed by atoms with Gasteiger partial charge in [0.2, 0.25) is 0 Å². The minimum Gasteiger partial charge on any atom is -0.373 e. The number of rotatable bonds is 4. The highest BCUT2D eigenvalue weighted by Gasteiger charge is 2.01. The van der Waals surface area contributed by atoms with E-state index in [1.807, 2.05) is 26.2 Å². The molecule has 2 nitrogen and oxygen atoms in total. The van der Waals surface area contributed by atoms with Crippen LogP contribution in [0, 0.1) is 6.92 Å². The van der Waals surface area contributed by atoms with Crippen molar-refractivity contribution >= 4 is 11.4 Å². The van der Waals surface area contributed by atoms with Crippen LogP contribution < -0.4 is 5.32 Å². The van der Waals surface area contributed by atoms with E-state index in [1.165, 1.54) is 5.57 Å². The maximum Gasteiger partial charge on any atom is 0.128 e. The Bertz CT molecular complexity index is 464. The quantitative estimate of drug-likeness (QED) is 0.789. The Balaban J connectivity index is 3.14. The fourth-order valence-corrected chi connectivity index (χ4v) is 1.53. The number of aryl methyl sites for hydroxylation is 1. The minimum absolute atomic E-state index is 0.916. The van der Waals surface area contributed by atoms with Gasteiger partial charge in [0.15, 0.2) is 0 Å². The van der Waals surface area contributed by atoms with Crippen molar-refractivity contribution in [3.05, 3.63) is 53.8 Å². The average molecular weight is 228 g/mol. The second-order valence-corrected chi connectivity index (χ2v) is 4.21. The van der Waals surface area contributed by atoms with E-state index in [2.05, 4.69) is 48.9 Å². The molecule has 0 bridgehead atoms. The highest BCUT2D eigenvalue weighted by atomic mass is 15.0. The number of nitrogens with one attached hydrogen (secondary N) is 1. The largest absolute Gasteiger partial charge is 0.373 e. The first kappa shape index (κ1) is 13.2. The molecule has 0 atom stereocenters. The van der Waals surface area contributed by atoms with Crippen LogP contribution in [0.25, 0.3) is 5.57 Å². The number of hydrogen-bond acceptors (Lipinski definition) is 2. The molecule has 0 aliphatic carbocycles. The van der Waals surface area contributed by atoms with Crippen molar-refractivity contribution in [3.8, 4) is 0 Å². The smallest absolute Gasteiger partial charge is 0.128 e. The maximum atomic E-state index is 4.37. The first-order chi connectivity index (χ1) is 8.08. The molecule has 0 spiro atoms. The number of pyridine rings is 1. The van der Waals surface area contributed by atoms with Gasteiger partial charge in [0, 0.05) is 18.8 Å². The fourth-order valence-electron chi connectivity index (χ4n) is 1.53. The fraction of sp³-hybridized carbons (Fsp3) is 0.267. The van der Waals surface area contributed by atoms with Crippen LogP contribution >= 0.6 is 0 Å². The minimum atomic E-state index is 0.916. The summed E-state index contributed by atoms with van der Waals surface area (Å²) in [7, 11) is 1.88. The second kappa shape index (κ2) is 6.04. The molecule has 1 N–H and O–H groups in total. The van der Waals surface area contributed by atoms with Crippen LogP contribution in [-0.4, -0.2) is 12.0 Å². The van der Waals surface area contributed by atoms with Gasteiger partial charge < -0.3 is 5.32 Å². The Morgan fingerprint density at radius 2 is 2.06 bits per heavy atom. The van der Waals surface area contributed by atoms with Crippen molar-refractivity contribution in [1.82, 2.24) is 4.98 Å². The lowest BCUT2D eigenvalue weighted by Crippen LogP contribution is -1.96. The lowest BCUT2D eigenvalue weighted by molar-refractivity contribution is 1.23. The van der Waals surface area contributed by atoms with Crippen LogP contribution in [0.3, 0.4) is 0 Å². The molecule has 0 aliphatic heterocycles. The lowest BCUT2D eigenvalue weighted by Gasteiger charge is -2.07. The zero-order chi connectivity index (χ0) is 12.8. The third-order valence-electron chi connectivity index (χ3n) is 2.46. The molecular weight excluding hydrogens is 208 g/mol. The molecule has 0 saturated carbocycles. The highest BCUT2D eigenvalue weighted by Crippen LogP contribution is 2.20. The van der Waals surface area contributed by atoms with E-state index < -0.39 is 0 Å². The number of nitrogens with zero attached hydrogens (tertiary/aromatic N) is 1. The summed E-state index contributed by atoms with van der Waals surface area (Å²) in [6, 6.07) is 2.12. The third kappa shape index (κ3) is 3.59. The molecule has 0 unspecified atom stereocenters. The summed E-state index contributed by atoms with van der Waals surface area (Å²) in [6.07, 6.45) is 7.87. The van der Waals surface area contributed by atoms with Gasteiger partial charge in [0.25, 0.3) is 0 Å². The Morgan fingerprint density at radius 3 is 2.53 bits per heavy atom. The molecule has 90 valence electrons. The SMILES string of the molecule is C=C/C(=C\C=C(C)C)c1cnc(NC)c(C)c1. The van der Waals surface area contributed by atoms with E-state index in [9.17, 15) is 0 Å². The molecule has 1 rings (SSSR count). The molecule has 0 aliphatic rings. The average Bonchev–Trinajstić information content (AvgIpc) is 2.29. The van der Waals surface area contributed by atoms with Gasteiger partial charge >= 0.3 is 0 Å². The third-order valence-corrected chi connectivity index (χ3v) is 2.46. The van der Waals surface area contributed by atoms with Crippen LogP contribution in [0.15, 0.2) is 42.6 Å². The van der Waals surface area contributed by atoms with E-state index in [-0.39, 0.29) is 0 Å². The van der Waals surface area contributed by atoms with Gasteiger partial charge in [-0.05, 0) is 38.0 Å². The predicted molar refractivity (Wildman–Crippen MR) is 76.1 cm³/mol. The van der Waals surface area contributed by atoms with Gasteiger partial charge in [-0.1, -0.05) is 30.4 Å². The molecule has 0 aromatic carbocycles. The zero-order valence-corrected chi connectivity index (χ0v) is 11.0. The zero-order valence-electron chi connectivity index (χ0n) is 11.0. The monoisotopic (exact) mass is 228 g/mol. The Hall–Kier alpha value is -1.83. The molecule has 2 heteroatoms. The second-order valence-electron chi connectivity index (χ2n) is 4.21. The molecule has 1 aromatic rings. The maximum absolute atomic E-state index is 4.37. The van der Waals surface area contributed by atoms with Crippen molar-refractivity contribution in [2.24, 2.45) is 0 Å². The highest BCUT2D eigenvalue weighted by molar-refractivity contribution is 5.75. The summed E-state index contributed by atoms with van der Waals surface area (Å²) in [4.78, 5) is 4.37. The molecule has 1 aromatic heterocycles. The summed E-state index contributed by atoms with van der Waals surface area (Å²) < 4.78 is 0. The van der Waals surface area contributed by atoms with E-state index >= 15 is 0 Å². The van der Waals surface area contributed by atoms with E-state index in [0.29, 0.717) is 0 Å². The van der Waals surface area contributed by atoms with Gasteiger partial charge in [-0.2, -0.15) is 0 Å². The molecule has 0 saturated heterocycles. The van der Waals surface area contributed by atoms with Gasteiger partial charge in [-0.3, -0.25) is 0 Å². The van der Waals surface area contributed by atoms with Gasteiger partial charge in [0.1, 0.15) is 5.82 Å². The predicted octanol–water partition coefficient (Wildman–Crippen LogP) is 3.97. The summed E-state index contributed by atoms with van der Waals surface area (Å²) in [6.45, 7) is 10.0. The van der Waals surface area contributed by atoms with E-state index in [1.54, 1.807) is 0 Å². The van der Waals surface area contributed by atoms with Crippen LogP contribution in [-0.2, 0) is 0 Å². The number of anilines is 1. The van der Waals surface area contributed by atoms with E-state index in [0.717, 1.165) is 22.5 Å². The van der Waals surface area contributed by atoms with Crippen molar-refractivity contribution in [2.45, 2.75) is 20.8 Å². The van der Waals surface area contributed by atoms with E-state index in [4.69, 9.17) is 0 Å². The van der Waals surface area contributed by atoms with Crippen LogP contribution in [0.2, 0.25) is 0 Å². The van der Waals surface area contributed by atoms with Gasteiger partial charge in [-0.15, -0.1) is 0 Å². The Kier molecular flexibility index (Phi) is 4.70. The summed E-state index contributed by atoms with van der Waals surface area (Å²) in [5, 5.41) is 3.06. The van der Waals surface area contributed by atoms with Crippen molar-refractivity contribution in [1.29, 1.82) is 0 Å².